The number of aromatic nitrogens is 4. The second-order valence-corrected chi connectivity index (χ2v) is 6.29. The van der Waals surface area contributed by atoms with Gasteiger partial charge in [0.25, 0.3) is 12.0 Å². The molecule has 0 bridgehead atoms. The van der Waals surface area contributed by atoms with Crippen LogP contribution in [0.3, 0.4) is 0 Å². The van der Waals surface area contributed by atoms with Crippen molar-refractivity contribution in [3.8, 4) is 12.0 Å². The molecule has 4 aromatic rings. The first-order valence-electron chi connectivity index (χ1n) is 9.48. The van der Waals surface area contributed by atoms with E-state index in [0.29, 0.717) is 25.2 Å². The van der Waals surface area contributed by atoms with Crippen molar-refractivity contribution in [1.82, 2.24) is 19.1 Å². The lowest BCUT2D eigenvalue weighted by Gasteiger charge is -2.11. The minimum Gasteiger partial charge on any atom is -0.465 e. The molecule has 0 fully saturated rings. The number of aryl methyl sites for hydroxylation is 2. The first-order valence-corrected chi connectivity index (χ1v) is 9.48. The molecule has 0 spiro atoms. The van der Waals surface area contributed by atoms with Crippen LogP contribution in [0.5, 0.6) is 12.0 Å². The smallest absolute Gasteiger partial charge is 0.297 e. The number of fused-ring (bicyclic) bond motifs is 2. The number of imidazole rings is 2. The van der Waals surface area contributed by atoms with Crippen LogP contribution < -0.4 is 9.47 Å². The SMILES string of the molecule is CCOc1nc2ccccc2n1CCCn1c(OCC)nc2ccccc21. The summed E-state index contributed by atoms with van der Waals surface area (Å²) in [6, 6.07) is 17.6. The summed E-state index contributed by atoms with van der Waals surface area (Å²) in [7, 11) is 0. The highest BCUT2D eigenvalue weighted by Gasteiger charge is 2.13. The fourth-order valence-electron chi connectivity index (χ4n) is 3.40. The molecule has 0 saturated heterocycles. The second-order valence-electron chi connectivity index (χ2n) is 6.29. The van der Waals surface area contributed by atoms with E-state index < -0.39 is 0 Å². The van der Waals surface area contributed by atoms with Crippen molar-refractivity contribution >= 4 is 22.1 Å². The highest BCUT2D eigenvalue weighted by atomic mass is 16.5. The molecule has 0 radical (unpaired) electrons. The van der Waals surface area contributed by atoms with E-state index in [1.54, 1.807) is 0 Å². The summed E-state index contributed by atoms with van der Waals surface area (Å²) in [5.74, 6) is 0. The van der Waals surface area contributed by atoms with E-state index in [2.05, 4.69) is 31.2 Å². The Morgan fingerprint density at radius 1 is 0.704 bits per heavy atom. The van der Waals surface area contributed by atoms with Gasteiger partial charge in [0.1, 0.15) is 0 Å². The molecule has 0 amide bonds. The predicted molar refractivity (Wildman–Crippen MR) is 106 cm³/mol. The van der Waals surface area contributed by atoms with Gasteiger partial charge in [0, 0.05) is 13.1 Å². The molecule has 0 unspecified atom stereocenters. The molecule has 4 rings (SSSR count). The summed E-state index contributed by atoms with van der Waals surface area (Å²) >= 11 is 0. The van der Waals surface area contributed by atoms with E-state index in [4.69, 9.17) is 9.47 Å². The van der Waals surface area contributed by atoms with Crippen LogP contribution in [-0.4, -0.2) is 32.3 Å². The Morgan fingerprint density at radius 3 is 1.59 bits per heavy atom. The quantitative estimate of drug-likeness (QED) is 0.468. The molecule has 2 aromatic carbocycles. The van der Waals surface area contributed by atoms with Crippen molar-refractivity contribution in [2.75, 3.05) is 13.2 Å². The van der Waals surface area contributed by atoms with Crippen LogP contribution >= 0.6 is 0 Å². The van der Waals surface area contributed by atoms with Crippen LogP contribution in [-0.2, 0) is 13.1 Å². The van der Waals surface area contributed by atoms with E-state index in [9.17, 15) is 0 Å². The van der Waals surface area contributed by atoms with Gasteiger partial charge in [0.05, 0.1) is 35.3 Å². The third-order valence-corrected chi connectivity index (χ3v) is 4.55. The fraction of sp³-hybridized carbons (Fsp3) is 0.333. The van der Waals surface area contributed by atoms with Crippen LogP contribution in [0.2, 0.25) is 0 Å². The molecule has 2 aromatic heterocycles. The maximum absolute atomic E-state index is 5.75. The Morgan fingerprint density at radius 2 is 1.15 bits per heavy atom. The van der Waals surface area contributed by atoms with Crippen molar-refractivity contribution in [2.45, 2.75) is 33.4 Å². The van der Waals surface area contributed by atoms with E-state index >= 15 is 0 Å². The number of para-hydroxylation sites is 4. The van der Waals surface area contributed by atoms with Gasteiger partial charge in [0.2, 0.25) is 0 Å². The minimum absolute atomic E-state index is 0.601. The number of rotatable bonds is 8. The van der Waals surface area contributed by atoms with Crippen molar-refractivity contribution in [2.24, 2.45) is 0 Å². The molecule has 0 aliphatic heterocycles. The van der Waals surface area contributed by atoms with Gasteiger partial charge in [0.15, 0.2) is 0 Å². The Balaban J connectivity index is 1.59. The van der Waals surface area contributed by atoms with Gasteiger partial charge in [-0.3, -0.25) is 9.13 Å². The molecular formula is C21H24N4O2. The normalized spacial score (nSPS) is 11.3. The number of hydrogen-bond acceptors (Lipinski definition) is 4. The highest BCUT2D eigenvalue weighted by molar-refractivity contribution is 5.77. The topological polar surface area (TPSA) is 54.1 Å². The van der Waals surface area contributed by atoms with Gasteiger partial charge in [-0.2, -0.15) is 9.97 Å². The van der Waals surface area contributed by atoms with Gasteiger partial charge in [-0.1, -0.05) is 24.3 Å². The third-order valence-electron chi connectivity index (χ3n) is 4.55. The summed E-state index contributed by atoms with van der Waals surface area (Å²) in [4.78, 5) is 9.22. The maximum Gasteiger partial charge on any atom is 0.297 e. The predicted octanol–water partition coefficient (Wildman–Crippen LogP) is 4.27. The average Bonchev–Trinajstić information content (AvgIpc) is 3.21. The Kier molecular flexibility index (Phi) is 4.96. The molecule has 0 aliphatic carbocycles. The lowest BCUT2D eigenvalue weighted by atomic mass is 10.3. The van der Waals surface area contributed by atoms with Gasteiger partial charge >= 0.3 is 0 Å². The first-order chi connectivity index (χ1) is 13.3. The van der Waals surface area contributed by atoms with Crippen molar-refractivity contribution in [3.05, 3.63) is 48.5 Å². The third kappa shape index (κ3) is 3.35. The van der Waals surface area contributed by atoms with Crippen LogP contribution in [0.15, 0.2) is 48.5 Å². The zero-order valence-corrected chi connectivity index (χ0v) is 15.8. The average molecular weight is 364 g/mol. The number of benzene rings is 2. The van der Waals surface area contributed by atoms with Gasteiger partial charge < -0.3 is 9.47 Å². The fourth-order valence-corrected chi connectivity index (χ4v) is 3.40. The molecule has 0 saturated carbocycles. The Labute approximate surface area is 158 Å². The molecule has 0 aliphatic rings. The number of ether oxygens (including phenoxy) is 2. The van der Waals surface area contributed by atoms with E-state index in [1.165, 1.54) is 0 Å². The number of nitrogens with zero attached hydrogens (tertiary/aromatic N) is 4. The van der Waals surface area contributed by atoms with Crippen LogP contribution in [0, 0.1) is 0 Å². The Hall–Kier alpha value is -3.02. The molecule has 27 heavy (non-hydrogen) atoms. The zero-order chi connectivity index (χ0) is 18.6. The van der Waals surface area contributed by atoms with E-state index in [0.717, 1.165) is 41.6 Å². The molecule has 140 valence electrons. The largest absolute Gasteiger partial charge is 0.465 e. The van der Waals surface area contributed by atoms with Crippen LogP contribution in [0.4, 0.5) is 0 Å². The summed E-state index contributed by atoms with van der Waals surface area (Å²) in [5.41, 5.74) is 4.12. The van der Waals surface area contributed by atoms with Crippen LogP contribution in [0.25, 0.3) is 22.1 Å². The van der Waals surface area contributed by atoms with E-state index in [1.807, 2.05) is 50.2 Å². The van der Waals surface area contributed by atoms with Gasteiger partial charge in [-0.15, -0.1) is 0 Å². The Bertz CT molecular complexity index is 967. The summed E-state index contributed by atoms with van der Waals surface area (Å²) < 4.78 is 15.8. The summed E-state index contributed by atoms with van der Waals surface area (Å²) in [5, 5.41) is 0. The minimum atomic E-state index is 0.601. The second kappa shape index (κ2) is 7.70. The lowest BCUT2D eigenvalue weighted by molar-refractivity contribution is 0.289. The molecule has 6 heteroatoms. The van der Waals surface area contributed by atoms with Crippen molar-refractivity contribution < 1.29 is 9.47 Å². The molecule has 6 nitrogen and oxygen atoms in total. The lowest BCUT2D eigenvalue weighted by Crippen LogP contribution is -2.08. The van der Waals surface area contributed by atoms with Crippen molar-refractivity contribution in [3.63, 3.8) is 0 Å². The standard InChI is InChI=1S/C21H24N4O2/c1-3-26-20-22-16-10-5-7-12-18(16)24(20)14-9-15-25-19-13-8-6-11-17(19)23-21(25)27-4-2/h5-8,10-13H,3-4,9,14-15H2,1-2H3. The van der Waals surface area contributed by atoms with Gasteiger partial charge in [-0.05, 0) is 44.5 Å². The monoisotopic (exact) mass is 364 g/mol. The molecule has 0 atom stereocenters. The van der Waals surface area contributed by atoms with E-state index in [-0.39, 0.29) is 0 Å². The summed E-state index contributed by atoms with van der Waals surface area (Å²) in [6.45, 7) is 6.79. The molecule has 2 heterocycles. The molecular weight excluding hydrogens is 340 g/mol. The van der Waals surface area contributed by atoms with Gasteiger partial charge in [-0.25, -0.2) is 0 Å². The highest BCUT2D eigenvalue weighted by Crippen LogP contribution is 2.24. The van der Waals surface area contributed by atoms with Crippen molar-refractivity contribution in [1.29, 1.82) is 0 Å². The summed E-state index contributed by atoms with van der Waals surface area (Å²) in [6.07, 6.45) is 0.918. The zero-order valence-electron chi connectivity index (χ0n) is 15.8. The van der Waals surface area contributed by atoms with Crippen LogP contribution in [0.1, 0.15) is 20.3 Å². The first kappa shape index (κ1) is 17.4. The number of hydrogen-bond donors (Lipinski definition) is 0. The maximum atomic E-state index is 5.75. The molecule has 0 N–H and O–H groups in total.